The number of carbonyl (C=O) groups is 1. The Bertz CT molecular complexity index is 425. The van der Waals surface area contributed by atoms with E-state index < -0.39 is 11.7 Å². The van der Waals surface area contributed by atoms with Gasteiger partial charge in [0.1, 0.15) is 5.60 Å². The van der Waals surface area contributed by atoms with Gasteiger partial charge in [0.05, 0.1) is 6.21 Å². The van der Waals surface area contributed by atoms with Crippen LogP contribution in [0.15, 0.2) is 29.4 Å². The van der Waals surface area contributed by atoms with Crippen molar-refractivity contribution in [3.63, 3.8) is 0 Å². The van der Waals surface area contributed by atoms with Crippen molar-refractivity contribution in [3.05, 3.63) is 34.9 Å². The third kappa shape index (κ3) is 5.92. The molecule has 1 rings (SSSR count). The number of hydrazone groups is 1. The summed E-state index contributed by atoms with van der Waals surface area (Å²) in [4.78, 5) is 11.2. The molecule has 0 heterocycles. The number of rotatable bonds is 2. The SMILES string of the molecule is CC(C)(C)OC(=O)N/N=C/c1cccc(Cl)c1. The van der Waals surface area contributed by atoms with Crippen LogP contribution in [0.5, 0.6) is 0 Å². The lowest BCUT2D eigenvalue weighted by atomic mass is 10.2. The molecule has 0 aliphatic carbocycles. The van der Waals surface area contributed by atoms with Crippen molar-refractivity contribution in [3.8, 4) is 0 Å². The van der Waals surface area contributed by atoms with Crippen LogP contribution >= 0.6 is 11.6 Å². The lowest BCUT2D eigenvalue weighted by molar-refractivity contribution is 0.0529. The van der Waals surface area contributed by atoms with Gasteiger partial charge in [-0.1, -0.05) is 23.7 Å². The second kappa shape index (κ2) is 5.68. The van der Waals surface area contributed by atoms with Crippen molar-refractivity contribution in [2.24, 2.45) is 5.10 Å². The molecule has 0 saturated heterocycles. The molecule has 1 aromatic carbocycles. The van der Waals surface area contributed by atoms with E-state index in [2.05, 4.69) is 10.5 Å². The highest BCUT2D eigenvalue weighted by atomic mass is 35.5. The molecule has 1 aromatic rings. The average molecular weight is 255 g/mol. The van der Waals surface area contributed by atoms with E-state index >= 15 is 0 Å². The number of hydrogen-bond donors (Lipinski definition) is 1. The summed E-state index contributed by atoms with van der Waals surface area (Å²) in [5.74, 6) is 0. The Balaban J connectivity index is 2.48. The van der Waals surface area contributed by atoms with Crippen molar-refractivity contribution in [1.82, 2.24) is 5.43 Å². The van der Waals surface area contributed by atoms with Gasteiger partial charge in [0, 0.05) is 5.02 Å². The lowest BCUT2D eigenvalue weighted by Crippen LogP contribution is -2.29. The van der Waals surface area contributed by atoms with Gasteiger partial charge in [-0.05, 0) is 38.5 Å². The zero-order valence-electron chi connectivity index (χ0n) is 10.0. The third-order valence-corrected chi connectivity index (χ3v) is 1.85. The van der Waals surface area contributed by atoms with E-state index in [1.165, 1.54) is 6.21 Å². The maximum absolute atomic E-state index is 11.2. The molecule has 17 heavy (non-hydrogen) atoms. The van der Waals surface area contributed by atoms with E-state index in [4.69, 9.17) is 16.3 Å². The fraction of sp³-hybridized carbons (Fsp3) is 0.333. The lowest BCUT2D eigenvalue weighted by Gasteiger charge is -2.18. The topological polar surface area (TPSA) is 50.7 Å². The summed E-state index contributed by atoms with van der Waals surface area (Å²) >= 11 is 5.80. The van der Waals surface area contributed by atoms with Crippen molar-refractivity contribution < 1.29 is 9.53 Å². The highest BCUT2D eigenvalue weighted by Crippen LogP contribution is 2.09. The normalized spacial score (nSPS) is 11.5. The predicted octanol–water partition coefficient (Wildman–Crippen LogP) is 3.20. The van der Waals surface area contributed by atoms with E-state index in [1.54, 1.807) is 39.0 Å². The number of nitrogens with zero attached hydrogens (tertiary/aromatic N) is 1. The first-order valence-electron chi connectivity index (χ1n) is 5.14. The third-order valence-electron chi connectivity index (χ3n) is 1.62. The molecule has 0 bridgehead atoms. The molecule has 5 heteroatoms. The number of benzene rings is 1. The fourth-order valence-electron chi connectivity index (χ4n) is 1.05. The number of halogens is 1. The molecule has 1 N–H and O–H groups in total. The summed E-state index contributed by atoms with van der Waals surface area (Å²) in [6.45, 7) is 5.35. The molecule has 4 nitrogen and oxygen atoms in total. The molecule has 0 aliphatic rings. The molecular formula is C12H15ClN2O2. The quantitative estimate of drug-likeness (QED) is 0.651. The van der Waals surface area contributed by atoms with Crippen LogP contribution in [0.25, 0.3) is 0 Å². The molecule has 0 saturated carbocycles. The number of ether oxygens (including phenoxy) is 1. The van der Waals surface area contributed by atoms with Gasteiger partial charge in [0.25, 0.3) is 0 Å². The maximum Gasteiger partial charge on any atom is 0.428 e. The van der Waals surface area contributed by atoms with Crippen molar-refractivity contribution in [1.29, 1.82) is 0 Å². The first kappa shape index (κ1) is 13.5. The second-order valence-electron chi connectivity index (χ2n) is 4.43. The van der Waals surface area contributed by atoms with Gasteiger partial charge in [-0.25, -0.2) is 10.2 Å². The Morgan fingerprint density at radius 2 is 2.18 bits per heavy atom. The Hall–Kier alpha value is -1.55. The maximum atomic E-state index is 11.2. The zero-order valence-corrected chi connectivity index (χ0v) is 10.8. The first-order chi connectivity index (χ1) is 7.87. The van der Waals surface area contributed by atoms with Crippen LogP contribution in [0.1, 0.15) is 26.3 Å². The van der Waals surface area contributed by atoms with E-state index in [9.17, 15) is 4.79 Å². The van der Waals surface area contributed by atoms with Gasteiger partial charge in [-0.15, -0.1) is 0 Å². The molecule has 0 unspecified atom stereocenters. The Kier molecular flexibility index (Phi) is 4.52. The molecule has 0 aromatic heterocycles. The molecule has 0 spiro atoms. The number of hydrogen-bond acceptors (Lipinski definition) is 3. The van der Waals surface area contributed by atoms with E-state index in [1.807, 2.05) is 6.07 Å². The number of amides is 1. The predicted molar refractivity (Wildman–Crippen MR) is 68.4 cm³/mol. The molecule has 0 atom stereocenters. The van der Waals surface area contributed by atoms with Crippen LogP contribution < -0.4 is 5.43 Å². The minimum absolute atomic E-state index is 0.532. The Labute approximate surface area is 106 Å². The highest BCUT2D eigenvalue weighted by molar-refractivity contribution is 6.30. The smallest absolute Gasteiger partial charge is 0.428 e. The van der Waals surface area contributed by atoms with Gasteiger partial charge in [0.2, 0.25) is 0 Å². The summed E-state index contributed by atoms with van der Waals surface area (Å²) in [7, 11) is 0. The van der Waals surface area contributed by atoms with E-state index in [0.717, 1.165) is 5.56 Å². The summed E-state index contributed by atoms with van der Waals surface area (Å²) in [5, 5.41) is 4.38. The van der Waals surface area contributed by atoms with Gasteiger partial charge >= 0.3 is 6.09 Å². The number of carbonyl (C=O) groups excluding carboxylic acids is 1. The van der Waals surface area contributed by atoms with Gasteiger partial charge in [-0.2, -0.15) is 5.10 Å². The van der Waals surface area contributed by atoms with Crippen LogP contribution in [0.4, 0.5) is 4.79 Å². The fourth-order valence-corrected chi connectivity index (χ4v) is 1.25. The van der Waals surface area contributed by atoms with Crippen molar-refractivity contribution >= 4 is 23.9 Å². The van der Waals surface area contributed by atoms with Crippen LogP contribution in [-0.2, 0) is 4.74 Å². The molecular weight excluding hydrogens is 240 g/mol. The Morgan fingerprint density at radius 3 is 2.76 bits per heavy atom. The highest BCUT2D eigenvalue weighted by Gasteiger charge is 2.15. The average Bonchev–Trinajstić information content (AvgIpc) is 2.14. The molecule has 1 amide bonds. The molecule has 0 radical (unpaired) electrons. The van der Waals surface area contributed by atoms with Crippen molar-refractivity contribution in [2.75, 3.05) is 0 Å². The van der Waals surface area contributed by atoms with Gasteiger partial charge < -0.3 is 4.74 Å². The van der Waals surface area contributed by atoms with E-state index in [-0.39, 0.29) is 0 Å². The standard InChI is InChI=1S/C12H15ClN2O2/c1-12(2,3)17-11(16)15-14-8-9-5-4-6-10(13)7-9/h4-8H,1-3H3,(H,15,16)/b14-8+. The van der Waals surface area contributed by atoms with Gasteiger partial charge in [-0.3, -0.25) is 0 Å². The molecule has 92 valence electrons. The van der Waals surface area contributed by atoms with Gasteiger partial charge in [0.15, 0.2) is 0 Å². The summed E-state index contributed by atoms with van der Waals surface area (Å²) < 4.78 is 5.01. The van der Waals surface area contributed by atoms with Crippen LogP contribution in [0, 0.1) is 0 Å². The summed E-state index contributed by atoms with van der Waals surface area (Å²) in [5.41, 5.74) is 2.54. The van der Waals surface area contributed by atoms with Crippen LogP contribution in [-0.4, -0.2) is 17.9 Å². The molecule has 0 fully saturated rings. The minimum atomic E-state index is -0.587. The van der Waals surface area contributed by atoms with Crippen LogP contribution in [0.2, 0.25) is 5.02 Å². The Morgan fingerprint density at radius 1 is 1.47 bits per heavy atom. The first-order valence-corrected chi connectivity index (χ1v) is 5.52. The second-order valence-corrected chi connectivity index (χ2v) is 4.86. The largest absolute Gasteiger partial charge is 0.443 e. The summed E-state index contributed by atoms with van der Waals surface area (Å²) in [6, 6.07) is 7.13. The number of nitrogens with one attached hydrogen (secondary N) is 1. The summed E-state index contributed by atoms with van der Waals surface area (Å²) in [6.07, 6.45) is 0.909. The zero-order chi connectivity index (χ0) is 12.9. The van der Waals surface area contributed by atoms with Crippen LogP contribution in [0.3, 0.4) is 0 Å². The monoisotopic (exact) mass is 254 g/mol. The van der Waals surface area contributed by atoms with E-state index in [0.29, 0.717) is 5.02 Å². The molecule has 0 aliphatic heterocycles. The van der Waals surface area contributed by atoms with Crippen molar-refractivity contribution in [2.45, 2.75) is 26.4 Å². The minimum Gasteiger partial charge on any atom is -0.443 e.